The van der Waals surface area contributed by atoms with Crippen molar-refractivity contribution in [1.29, 1.82) is 0 Å². The number of piperidine rings is 1. The molecule has 2 aromatic carbocycles. The minimum Gasteiger partial charge on any atom is -0.370 e. The third kappa shape index (κ3) is 6.45. The van der Waals surface area contributed by atoms with Gasteiger partial charge in [-0.2, -0.15) is 26.3 Å². The van der Waals surface area contributed by atoms with Crippen molar-refractivity contribution < 1.29 is 35.9 Å². The molecule has 4 rings (SSSR count). The number of hydrogen-bond acceptors (Lipinski definition) is 5. The Labute approximate surface area is 208 Å². The van der Waals surface area contributed by atoms with Crippen molar-refractivity contribution in [2.45, 2.75) is 50.4 Å². The topological polar surface area (TPSA) is 73.1 Å². The maximum atomic E-state index is 13.3. The van der Waals surface area contributed by atoms with Gasteiger partial charge in [-0.05, 0) is 53.1 Å². The van der Waals surface area contributed by atoms with Crippen LogP contribution in [0.3, 0.4) is 0 Å². The van der Waals surface area contributed by atoms with Gasteiger partial charge in [-0.3, -0.25) is 4.79 Å². The van der Waals surface area contributed by atoms with Gasteiger partial charge in [0.05, 0.1) is 23.3 Å². The first-order valence-corrected chi connectivity index (χ1v) is 11.4. The van der Waals surface area contributed by atoms with Crippen molar-refractivity contribution in [3.8, 4) is 0 Å². The van der Waals surface area contributed by atoms with Crippen LogP contribution in [0.25, 0.3) is 0 Å². The molecule has 1 fully saturated rings. The first kappa shape index (κ1) is 26.6. The quantitative estimate of drug-likeness (QED) is 0.428. The molecule has 0 saturated carbocycles. The standard InChI is InChI=1S/C24H23F6N5O2/c1-15(17-9-18(23(25,26)27)11-19(10-17)24(28,29)30)37-21-7-8-34(22(36)13-35-14-31-32-33-35)12-20(21)16-5-3-2-4-6-16/h2-6,9-11,14-15,20-21H,7-8,12-13H2,1H3/t15-,20+,21+/m1/s1. The highest BCUT2D eigenvalue weighted by Crippen LogP contribution is 2.39. The highest BCUT2D eigenvalue weighted by molar-refractivity contribution is 5.76. The number of carbonyl (C=O) groups excluding carboxylic acids is 1. The molecule has 1 amide bonds. The minimum absolute atomic E-state index is 0.0686. The molecule has 1 aliphatic heterocycles. The third-order valence-corrected chi connectivity index (χ3v) is 6.28. The number of ether oxygens (including phenoxy) is 1. The van der Waals surface area contributed by atoms with E-state index in [9.17, 15) is 31.1 Å². The summed E-state index contributed by atoms with van der Waals surface area (Å²) in [4.78, 5) is 14.4. The number of carbonyl (C=O) groups is 1. The second-order valence-electron chi connectivity index (χ2n) is 8.81. The summed E-state index contributed by atoms with van der Waals surface area (Å²) in [5.41, 5.74) is -2.18. The summed E-state index contributed by atoms with van der Waals surface area (Å²) in [5, 5.41) is 10.7. The highest BCUT2D eigenvalue weighted by Gasteiger charge is 2.39. The first-order chi connectivity index (χ1) is 17.4. The molecule has 1 aliphatic rings. The molecule has 0 spiro atoms. The fourth-order valence-corrected chi connectivity index (χ4v) is 4.39. The smallest absolute Gasteiger partial charge is 0.370 e. The lowest BCUT2D eigenvalue weighted by Crippen LogP contribution is -2.47. The van der Waals surface area contributed by atoms with E-state index in [4.69, 9.17) is 4.74 Å². The monoisotopic (exact) mass is 527 g/mol. The number of nitrogens with zero attached hydrogens (tertiary/aromatic N) is 5. The average Bonchev–Trinajstić information content (AvgIpc) is 3.36. The van der Waals surface area contributed by atoms with Gasteiger partial charge in [-0.15, -0.1) is 5.10 Å². The molecule has 1 aromatic heterocycles. The van der Waals surface area contributed by atoms with E-state index in [2.05, 4.69) is 15.5 Å². The summed E-state index contributed by atoms with van der Waals surface area (Å²) in [7, 11) is 0. The van der Waals surface area contributed by atoms with Crippen molar-refractivity contribution in [2.75, 3.05) is 13.1 Å². The van der Waals surface area contributed by atoms with Crippen LogP contribution in [0.4, 0.5) is 26.3 Å². The van der Waals surface area contributed by atoms with Crippen molar-refractivity contribution >= 4 is 5.91 Å². The van der Waals surface area contributed by atoms with Crippen LogP contribution in [0.5, 0.6) is 0 Å². The van der Waals surface area contributed by atoms with E-state index in [0.29, 0.717) is 18.6 Å². The van der Waals surface area contributed by atoms with Crippen molar-refractivity contribution in [3.05, 3.63) is 77.1 Å². The molecular weight excluding hydrogens is 504 g/mol. The Bertz CT molecular complexity index is 1170. The van der Waals surface area contributed by atoms with Gasteiger partial charge >= 0.3 is 12.4 Å². The van der Waals surface area contributed by atoms with Gasteiger partial charge in [-0.25, -0.2) is 4.68 Å². The Kier molecular flexibility index (Phi) is 7.53. The summed E-state index contributed by atoms with van der Waals surface area (Å²) in [6.45, 7) is 1.89. The van der Waals surface area contributed by atoms with Gasteiger partial charge in [0, 0.05) is 19.0 Å². The van der Waals surface area contributed by atoms with Gasteiger partial charge in [-0.1, -0.05) is 30.3 Å². The van der Waals surface area contributed by atoms with Crippen LogP contribution < -0.4 is 0 Å². The average molecular weight is 527 g/mol. The predicted octanol–water partition coefficient (Wildman–Crippen LogP) is 4.87. The number of aromatic nitrogens is 4. The van der Waals surface area contributed by atoms with Gasteiger partial charge in [0.25, 0.3) is 0 Å². The SMILES string of the molecule is C[C@@H](O[C@H]1CCN(C(=O)Cn2cnnn2)C[C@H]1c1ccccc1)c1cc(C(F)(F)F)cc(C(F)(F)F)c1. The predicted molar refractivity (Wildman–Crippen MR) is 118 cm³/mol. The Hall–Kier alpha value is -3.48. The number of tetrazole rings is 1. The van der Waals surface area contributed by atoms with E-state index >= 15 is 0 Å². The molecule has 0 unspecified atom stereocenters. The number of rotatable bonds is 6. The molecule has 3 aromatic rings. The second-order valence-corrected chi connectivity index (χ2v) is 8.81. The molecule has 0 radical (unpaired) electrons. The van der Waals surface area contributed by atoms with E-state index in [-0.39, 0.29) is 43.1 Å². The molecular formula is C24H23F6N5O2. The van der Waals surface area contributed by atoms with Gasteiger partial charge in [0.15, 0.2) is 0 Å². The zero-order valence-corrected chi connectivity index (χ0v) is 19.6. The molecule has 37 heavy (non-hydrogen) atoms. The first-order valence-electron chi connectivity index (χ1n) is 11.4. The van der Waals surface area contributed by atoms with Crippen LogP contribution in [-0.4, -0.2) is 50.2 Å². The molecule has 13 heteroatoms. The summed E-state index contributed by atoms with van der Waals surface area (Å²) in [6, 6.07) is 10.6. The normalized spacial score (nSPS) is 19.6. The van der Waals surface area contributed by atoms with Crippen LogP contribution in [0.2, 0.25) is 0 Å². The molecule has 0 N–H and O–H groups in total. The van der Waals surface area contributed by atoms with Crippen molar-refractivity contribution in [2.24, 2.45) is 0 Å². The molecule has 7 nitrogen and oxygen atoms in total. The van der Waals surface area contributed by atoms with Crippen LogP contribution >= 0.6 is 0 Å². The lowest BCUT2D eigenvalue weighted by molar-refractivity contribution is -0.143. The van der Waals surface area contributed by atoms with Crippen LogP contribution in [0, 0.1) is 0 Å². The van der Waals surface area contributed by atoms with E-state index in [1.165, 1.54) is 17.9 Å². The minimum atomic E-state index is -4.95. The zero-order chi connectivity index (χ0) is 26.8. The van der Waals surface area contributed by atoms with Crippen molar-refractivity contribution in [1.82, 2.24) is 25.1 Å². The van der Waals surface area contributed by atoms with E-state index in [0.717, 1.165) is 5.56 Å². The van der Waals surface area contributed by atoms with Crippen LogP contribution in [0.15, 0.2) is 54.9 Å². The number of hydrogen-bond donors (Lipinski definition) is 0. The Morgan fingerprint density at radius 3 is 2.27 bits per heavy atom. The molecule has 2 heterocycles. The van der Waals surface area contributed by atoms with E-state index < -0.39 is 35.7 Å². The van der Waals surface area contributed by atoms with Gasteiger partial charge in [0.2, 0.25) is 5.91 Å². The summed E-state index contributed by atoms with van der Waals surface area (Å²) in [6.07, 6.45) is -9.88. The van der Waals surface area contributed by atoms with E-state index in [1.807, 2.05) is 18.2 Å². The molecule has 0 aliphatic carbocycles. The summed E-state index contributed by atoms with van der Waals surface area (Å²) >= 11 is 0. The van der Waals surface area contributed by atoms with Crippen molar-refractivity contribution in [3.63, 3.8) is 0 Å². The second kappa shape index (κ2) is 10.5. The fourth-order valence-electron chi connectivity index (χ4n) is 4.39. The number of benzene rings is 2. The molecule has 198 valence electrons. The Balaban J connectivity index is 1.57. The zero-order valence-electron chi connectivity index (χ0n) is 19.6. The van der Waals surface area contributed by atoms with E-state index in [1.54, 1.807) is 17.0 Å². The van der Waals surface area contributed by atoms with Gasteiger partial charge in [0.1, 0.15) is 12.9 Å². The van der Waals surface area contributed by atoms with Gasteiger partial charge < -0.3 is 9.64 Å². The molecule has 3 atom stereocenters. The Morgan fingerprint density at radius 1 is 1.05 bits per heavy atom. The Morgan fingerprint density at radius 2 is 1.70 bits per heavy atom. The third-order valence-electron chi connectivity index (χ3n) is 6.28. The summed E-state index contributed by atoms with van der Waals surface area (Å²) < 4.78 is 87.4. The van der Waals surface area contributed by atoms with Crippen LogP contribution in [-0.2, 0) is 28.4 Å². The number of amides is 1. The maximum Gasteiger partial charge on any atom is 0.416 e. The van der Waals surface area contributed by atoms with Crippen LogP contribution in [0.1, 0.15) is 47.6 Å². The number of halogens is 6. The lowest BCUT2D eigenvalue weighted by Gasteiger charge is -2.40. The maximum absolute atomic E-state index is 13.3. The molecule has 1 saturated heterocycles. The molecule has 0 bridgehead atoms. The largest absolute Gasteiger partial charge is 0.416 e. The summed E-state index contributed by atoms with van der Waals surface area (Å²) in [5.74, 6) is -0.587. The highest BCUT2D eigenvalue weighted by atomic mass is 19.4. The fraction of sp³-hybridized carbons (Fsp3) is 0.417. The number of alkyl halides is 6. The number of likely N-dealkylation sites (tertiary alicyclic amines) is 1. The lowest BCUT2D eigenvalue weighted by atomic mass is 9.87.